The van der Waals surface area contributed by atoms with Gasteiger partial charge in [-0.05, 0) is 30.0 Å². The van der Waals surface area contributed by atoms with Crippen LogP contribution in [0.5, 0.6) is 5.75 Å². The molecule has 0 radical (unpaired) electrons. The van der Waals surface area contributed by atoms with Crippen LogP contribution in [-0.2, 0) is 14.9 Å². The smallest absolute Gasteiger partial charge is 0.377 e. The van der Waals surface area contributed by atoms with Gasteiger partial charge in [0, 0.05) is 6.07 Å². The molecule has 7 heteroatoms. The van der Waals surface area contributed by atoms with E-state index >= 15 is 0 Å². The number of carbonyl (C=O) groups is 2. The minimum atomic E-state index is -0.726. The van der Waals surface area contributed by atoms with Gasteiger partial charge in [-0.25, -0.2) is 4.79 Å². The second-order valence-electron chi connectivity index (χ2n) is 6.88. The lowest BCUT2D eigenvalue weighted by atomic mass is 9.87. The van der Waals surface area contributed by atoms with Gasteiger partial charge in [0.25, 0.3) is 5.91 Å². The molecule has 2 rings (SSSR count). The average molecular weight is 360 g/mol. The molecular weight excluding hydrogens is 336 g/mol. The van der Waals surface area contributed by atoms with Gasteiger partial charge in [-0.2, -0.15) is 0 Å². The summed E-state index contributed by atoms with van der Waals surface area (Å²) in [5.41, 5.74) is 1.88. The van der Waals surface area contributed by atoms with Crippen molar-refractivity contribution >= 4 is 11.9 Å². The van der Waals surface area contributed by atoms with Crippen molar-refractivity contribution in [3.8, 4) is 5.75 Å². The Bertz CT molecular complexity index is 744. The molecule has 0 atom stereocenters. The maximum absolute atomic E-state index is 11.7. The molecular formula is C19H24N2O5. The second kappa shape index (κ2) is 8.51. The molecule has 0 bridgehead atoms. The number of hydrogen-bond acceptors (Lipinski definition) is 6. The Morgan fingerprint density at radius 1 is 1.19 bits per heavy atom. The van der Waals surface area contributed by atoms with Crippen LogP contribution in [0.1, 0.15) is 42.6 Å². The molecule has 0 spiro atoms. The van der Waals surface area contributed by atoms with E-state index in [-0.39, 0.29) is 11.2 Å². The van der Waals surface area contributed by atoms with E-state index in [2.05, 4.69) is 31.2 Å². The van der Waals surface area contributed by atoms with Crippen molar-refractivity contribution in [3.05, 3.63) is 47.3 Å². The molecule has 1 N–H and O–H groups in total. The molecule has 0 aliphatic rings. The van der Waals surface area contributed by atoms with Crippen LogP contribution in [0.4, 0.5) is 0 Å². The van der Waals surface area contributed by atoms with Crippen molar-refractivity contribution in [1.82, 2.24) is 10.5 Å². The fraction of sp³-hybridized carbons (Fsp3) is 0.421. The number of rotatable bonds is 7. The molecule has 140 valence electrons. The number of benzene rings is 1. The highest BCUT2D eigenvalue weighted by atomic mass is 16.6. The van der Waals surface area contributed by atoms with Crippen LogP contribution in [0.3, 0.4) is 0 Å². The summed E-state index contributed by atoms with van der Waals surface area (Å²) in [4.78, 5) is 23.3. The van der Waals surface area contributed by atoms with E-state index in [1.807, 2.05) is 24.3 Å². The third-order valence-corrected chi connectivity index (χ3v) is 3.58. The number of ether oxygens (including phenoxy) is 2. The number of esters is 1. The van der Waals surface area contributed by atoms with Gasteiger partial charge in [0.05, 0.1) is 12.2 Å². The molecule has 0 aliphatic heterocycles. The van der Waals surface area contributed by atoms with Gasteiger partial charge >= 0.3 is 5.97 Å². The van der Waals surface area contributed by atoms with Gasteiger partial charge in [0.2, 0.25) is 5.76 Å². The monoisotopic (exact) mass is 360 g/mol. The number of nitrogens with zero attached hydrogens (tertiary/aromatic N) is 1. The van der Waals surface area contributed by atoms with Crippen molar-refractivity contribution in [3.63, 3.8) is 0 Å². The number of amides is 1. The second-order valence-corrected chi connectivity index (χ2v) is 6.88. The molecule has 0 fully saturated rings. The molecule has 0 aliphatic carbocycles. The maximum Gasteiger partial charge on any atom is 0.377 e. The summed E-state index contributed by atoms with van der Waals surface area (Å²) in [6, 6.07) is 9.31. The highest BCUT2D eigenvalue weighted by molar-refractivity contribution is 5.88. The predicted molar refractivity (Wildman–Crippen MR) is 95.2 cm³/mol. The largest absolute Gasteiger partial charge is 0.492 e. The number of aryl methyl sites for hydroxylation is 1. The number of nitrogens with one attached hydrogen (secondary N) is 1. The predicted octanol–water partition coefficient (Wildman–Crippen LogP) is 2.63. The molecule has 1 amide bonds. The first-order valence-electron chi connectivity index (χ1n) is 8.36. The summed E-state index contributed by atoms with van der Waals surface area (Å²) >= 11 is 0. The summed E-state index contributed by atoms with van der Waals surface area (Å²) in [6.07, 6.45) is 0. The standard InChI is InChI=1S/C19H24N2O5/c1-13-11-16(26-21-13)18(23)25-12-17(22)20-9-10-24-15-7-5-14(6-8-15)19(2,3)4/h5-8,11H,9-10,12H2,1-4H3,(H,20,22). The first-order valence-corrected chi connectivity index (χ1v) is 8.36. The fourth-order valence-corrected chi connectivity index (χ4v) is 2.12. The van der Waals surface area contributed by atoms with Gasteiger partial charge < -0.3 is 19.3 Å². The zero-order chi connectivity index (χ0) is 19.2. The van der Waals surface area contributed by atoms with E-state index in [0.717, 1.165) is 5.75 Å². The van der Waals surface area contributed by atoms with Gasteiger partial charge in [-0.3, -0.25) is 4.79 Å². The van der Waals surface area contributed by atoms with Crippen molar-refractivity contribution in [1.29, 1.82) is 0 Å². The average Bonchev–Trinajstić information content (AvgIpc) is 3.03. The Labute approximate surface area is 152 Å². The van der Waals surface area contributed by atoms with Gasteiger partial charge in [0.1, 0.15) is 12.4 Å². The van der Waals surface area contributed by atoms with E-state index in [1.165, 1.54) is 11.6 Å². The van der Waals surface area contributed by atoms with E-state index in [4.69, 9.17) is 14.0 Å². The summed E-state index contributed by atoms with van der Waals surface area (Å²) < 4.78 is 15.2. The SMILES string of the molecule is Cc1cc(C(=O)OCC(=O)NCCOc2ccc(C(C)(C)C)cc2)on1. The molecule has 26 heavy (non-hydrogen) atoms. The number of hydrogen-bond donors (Lipinski definition) is 1. The third kappa shape index (κ3) is 5.91. The zero-order valence-corrected chi connectivity index (χ0v) is 15.5. The first-order chi connectivity index (χ1) is 12.3. The Kier molecular flexibility index (Phi) is 6.38. The topological polar surface area (TPSA) is 90.7 Å². The lowest BCUT2D eigenvalue weighted by molar-refractivity contribution is -0.124. The summed E-state index contributed by atoms with van der Waals surface area (Å²) in [5.74, 6) is -0.436. The molecule has 0 saturated heterocycles. The highest BCUT2D eigenvalue weighted by Crippen LogP contribution is 2.24. The van der Waals surface area contributed by atoms with Crippen LogP contribution in [0, 0.1) is 6.92 Å². The summed E-state index contributed by atoms with van der Waals surface area (Å²) in [7, 11) is 0. The first kappa shape index (κ1) is 19.5. The van der Waals surface area contributed by atoms with Gasteiger partial charge in [0.15, 0.2) is 6.61 Å². The normalized spacial score (nSPS) is 11.1. The maximum atomic E-state index is 11.7. The Hall–Kier alpha value is -2.83. The highest BCUT2D eigenvalue weighted by Gasteiger charge is 2.15. The summed E-state index contributed by atoms with van der Waals surface area (Å²) in [5, 5.41) is 6.19. The Balaban J connectivity index is 1.65. The van der Waals surface area contributed by atoms with Crippen molar-refractivity contribution in [2.24, 2.45) is 0 Å². The van der Waals surface area contributed by atoms with E-state index < -0.39 is 18.5 Å². The fourth-order valence-electron chi connectivity index (χ4n) is 2.12. The minimum Gasteiger partial charge on any atom is -0.492 e. The molecule has 2 aromatic rings. The van der Waals surface area contributed by atoms with Gasteiger partial charge in [-0.1, -0.05) is 38.1 Å². The van der Waals surface area contributed by atoms with Crippen molar-refractivity contribution in [2.45, 2.75) is 33.1 Å². The third-order valence-electron chi connectivity index (χ3n) is 3.58. The van der Waals surface area contributed by atoms with E-state index in [0.29, 0.717) is 18.8 Å². The van der Waals surface area contributed by atoms with Gasteiger partial charge in [-0.15, -0.1) is 0 Å². The van der Waals surface area contributed by atoms with Crippen LogP contribution in [0.2, 0.25) is 0 Å². The van der Waals surface area contributed by atoms with Crippen LogP contribution in [-0.4, -0.2) is 36.8 Å². The Morgan fingerprint density at radius 2 is 1.88 bits per heavy atom. The molecule has 1 aromatic heterocycles. The molecule has 1 aromatic carbocycles. The number of aromatic nitrogens is 1. The molecule has 0 unspecified atom stereocenters. The number of carbonyl (C=O) groups excluding carboxylic acids is 2. The van der Waals surface area contributed by atoms with Crippen LogP contribution in [0.25, 0.3) is 0 Å². The summed E-state index contributed by atoms with van der Waals surface area (Å²) in [6.45, 7) is 8.36. The van der Waals surface area contributed by atoms with E-state index in [9.17, 15) is 9.59 Å². The zero-order valence-electron chi connectivity index (χ0n) is 15.5. The van der Waals surface area contributed by atoms with Crippen LogP contribution in [0.15, 0.2) is 34.9 Å². The van der Waals surface area contributed by atoms with Crippen LogP contribution >= 0.6 is 0 Å². The lowest BCUT2D eigenvalue weighted by Gasteiger charge is -2.19. The van der Waals surface area contributed by atoms with Crippen LogP contribution < -0.4 is 10.1 Å². The Morgan fingerprint density at radius 3 is 2.46 bits per heavy atom. The lowest BCUT2D eigenvalue weighted by Crippen LogP contribution is -2.32. The molecule has 0 saturated carbocycles. The quantitative estimate of drug-likeness (QED) is 0.603. The van der Waals surface area contributed by atoms with Crippen molar-refractivity contribution in [2.75, 3.05) is 19.8 Å². The molecule has 7 nitrogen and oxygen atoms in total. The minimum absolute atomic E-state index is 0.0302. The van der Waals surface area contributed by atoms with E-state index in [1.54, 1.807) is 6.92 Å². The molecule has 1 heterocycles. The van der Waals surface area contributed by atoms with Crippen molar-refractivity contribution < 1.29 is 23.6 Å².